The standard InChI is InChI=1S/C14H23NO3/c1-13(2,3)18-12(17)15-10-8-14(9-10)7-5-4-6-11(14)16/h10H,4-9H2,1-3H3,(H,15,17). The molecule has 0 saturated heterocycles. The molecule has 2 fully saturated rings. The molecular weight excluding hydrogens is 230 g/mol. The van der Waals surface area contributed by atoms with Gasteiger partial charge >= 0.3 is 6.09 Å². The molecule has 0 aliphatic heterocycles. The van der Waals surface area contributed by atoms with E-state index in [-0.39, 0.29) is 17.6 Å². The fourth-order valence-electron chi connectivity index (χ4n) is 3.05. The van der Waals surface area contributed by atoms with Crippen molar-refractivity contribution in [1.82, 2.24) is 5.32 Å². The van der Waals surface area contributed by atoms with E-state index in [1.165, 1.54) is 0 Å². The molecule has 102 valence electrons. The molecule has 0 unspecified atom stereocenters. The predicted molar refractivity (Wildman–Crippen MR) is 68.3 cm³/mol. The van der Waals surface area contributed by atoms with Gasteiger partial charge in [-0.05, 0) is 46.5 Å². The van der Waals surface area contributed by atoms with Crippen LogP contribution in [0.25, 0.3) is 0 Å². The molecule has 2 rings (SSSR count). The fourth-order valence-corrected chi connectivity index (χ4v) is 3.05. The van der Waals surface area contributed by atoms with Gasteiger partial charge in [0, 0.05) is 17.9 Å². The number of carbonyl (C=O) groups excluding carboxylic acids is 2. The van der Waals surface area contributed by atoms with Gasteiger partial charge in [0.25, 0.3) is 0 Å². The number of amides is 1. The molecule has 2 saturated carbocycles. The molecule has 0 bridgehead atoms. The Labute approximate surface area is 108 Å². The third-order valence-corrected chi connectivity index (χ3v) is 3.90. The number of hydrogen-bond acceptors (Lipinski definition) is 3. The molecule has 4 nitrogen and oxygen atoms in total. The van der Waals surface area contributed by atoms with Gasteiger partial charge in [0.05, 0.1) is 0 Å². The summed E-state index contributed by atoms with van der Waals surface area (Å²) in [6.07, 6.45) is 5.12. The van der Waals surface area contributed by atoms with Gasteiger partial charge in [0.15, 0.2) is 0 Å². The fraction of sp³-hybridized carbons (Fsp3) is 0.857. The van der Waals surface area contributed by atoms with Crippen LogP contribution < -0.4 is 5.32 Å². The molecular formula is C14H23NO3. The summed E-state index contributed by atoms with van der Waals surface area (Å²) in [4.78, 5) is 23.5. The van der Waals surface area contributed by atoms with E-state index < -0.39 is 5.60 Å². The second-order valence-corrected chi connectivity index (χ2v) is 6.66. The minimum absolute atomic E-state index is 0.113. The number of Topliss-reactive ketones (excluding diaryl/α,β-unsaturated/α-hetero) is 1. The lowest BCUT2D eigenvalue weighted by atomic mass is 9.58. The molecule has 2 aliphatic carbocycles. The van der Waals surface area contributed by atoms with Gasteiger partial charge in [-0.2, -0.15) is 0 Å². The average Bonchev–Trinajstić information content (AvgIpc) is 2.16. The van der Waals surface area contributed by atoms with Crippen molar-refractivity contribution in [1.29, 1.82) is 0 Å². The molecule has 1 N–H and O–H groups in total. The lowest BCUT2D eigenvalue weighted by Gasteiger charge is -2.48. The van der Waals surface area contributed by atoms with E-state index in [2.05, 4.69) is 5.32 Å². The van der Waals surface area contributed by atoms with Gasteiger partial charge < -0.3 is 10.1 Å². The Bertz CT molecular complexity index is 351. The van der Waals surface area contributed by atoms with Crippen molar-refractivity contribution in [3.63, 3.8) is 0 Å². The third-order valence-electron chi connectivity index (χ3n) is 3.90. The van der Waals surface area contributed by atoms with Gasteiger partial charge in [0.2, 0.25) is 0 Å². The van der Waals surface area contributed by atoms with Crippen LogP contribution in [0, 0.1) is 5.41 Å². The number of rotatable bonds is 1. The third kappa shape index (κ3) is 2.85. The van der Waals surface area contributed by atoms with E-state index in [1.54, 1.807) is 0 Å². The predicted octanol–water partition coefficient (Wildman–Crippen LogP) is 2.80. The highest BCUT2D eigenvalue weighted by molar-refractivity contribution is 5.87. The van der Waals surface area contributed by atoms with Crippen molar-refractivity contribution < 1.29 is 14.3 Å². The van der Waals surface area contributed by atoms with Crippen molar-refractivity contribution in [2.75, 3.05) is 0 Å². The smallest absolute Gasteiger partial charge is 0.407 e. The maximum absolute atomic E-state index is 11.9. The monoisotopic (exact) mass is 253 g/mol. The van der Waals surface area contributed by atoms with Crippen LogP contribution in [0.4, 0.5) is 4.79 Å². The molecule has 0 aromatic rings. The zero-order valence-electron chi connectivity index (χ0n) is 11.5. The number of hydrogen-bond donors (Lipinski definition) is 1. The van der Waals surface area contributed by atoms with E-state index in [4.69, 9.17) is 4.74 Å². The Morgan fingerprint density at radius 3 is 2.56 bits per heavy atom. The highest BCUT2D eigenvalue weighted by Crippen LogP contribution is 2.49. The number of alkyl carbamates (subject to hydrolysis) is 1. The zero-order valence-corrected chi connectivity index (χ0v) is 11.5. The number of carbonyl (C=O) groups is 2. The van der Waals surface area contributed by atoms with Crippen LogP contribution in [0.1, 0.15) is 59.3 Å². The summed E-state index contributed by atoms with van der Waals surface area (Å²) >= 11 is 0. The van der Waals surface area contributed by atoms with E-state index in [0.717, 1.165) is 38.5 Å². The van der Waals surface area contributed by atoms with Gasteiger partial charge in [-0.1, -0.05) is 6.42 Å². The van der Waals surface area contributed by atoms with Crippen LogP contribution in [0.5, 0.6) is 0 Å². The first kappa shape index (κ1) is 13.4. The SMILES string of the molecule is CC(C)(C)OC(=O)NC1CC2(CCCCC2=O)C1. The molecule has 1 spiro atoms. The van der Waals surface area contributed by atoms with Crippen LogP contribution in [-0.4, -0.2) is 23.5 Å². The Kier molecular flexibility index (Phi) is 3.39. The molecule has 0 aromatic heterocycles. The quantitative estimate of drug-likeness (QED) is 0.781. The van der Waals surface area contributed by atoms with Gasteiger partial charge in [0.1, 0.15) is 11.4 Å². The van der Waals surface area contributed by atoms with Crippen LogP contribution >= 0.6 is 0 Å². The summed E-state index contributed by atoms with van der Waals surface area (Å²) in [5.41, 5.74) is -0.579. The Balaban J connectivity index is 1.79. The molecule has 0 radical (unpaired) electrons. The van der Waals surface area contributed by atoms with Crippen molar-refractivity contribution >= 4 is 11.9 Å². The maximum atomic E-state index is 11.9. The summed E-state index contributed by atoms with van der Waals surface area (Å²) in [5, 5.41) is 2.85. The largest absolute Gasteiger partial charge is 0.444 e. The second kappa shape index (κ2) is 4.56. The molecule has 2 aliphatic rings. The number of nitrogens with one attached hydrogen (secondary N) is 1. The van der Waals surface area contributed by atoms with E-state index >= 15 is 0 Å². The van der Waals surface area contributed by atoms with Crippen LogP contribution in [0.2, 0.25) is 0 Å². The lowest BCUT2D eigenvalue weighted by molar-refractivity contribution is -0.138. The normalized spacial score (nSPS) is 31.9. The first-order chi connectivity index (χ1) is 8.31. The van der Waals surface area contributed by atoms with Gasteiger partial charge in [-0.25, -0.2) is 4.79 Å². The number of ketones is 1. The molecule has 4 heteroatoms. The molecule has 0 heterocycles. The summed E-state index contributed by atoms with van der Waals surface area (Å²) in [7, 11) is 0. The first-order valence-corrected chi connectivity index (χ1v) is 6.84. The van der Waals surface area contributed by atoms with E-state index in [0.29, 0.717) is 5.78 Å². The number of ether oxygens (including phenoxy) is 1. The molecule has 1 amide bonds. The lowest BCUT2D eigenvalue weighted by Crippen LogP contribution is -2.55. The van der Waals surface area contributed by atoms with Crippen molar-refractivity contribution in [2.24, 2.45) is 5.41 Å². The highest BCUT2D eigenvalue weighted by atomic mass is 16.6. The molecule has 0 atom stereocenters. The van der Waals surface area contributed by atoms with Crippen molar-refractivity contribution in [3.05, 3.63) is 0 Å². The maximum Gasteiger partial charge on any atom is 0.407 e. The second-order valence-electron chi connectivity index (χ2n) is 6.66. The minimum atomic E-state index is -0.466. The van der Waals surface area contributed by atoms with Crippen LogP contribution in [-0.2, 0) is 9.53 Å². The Morgan fingerprint density at radius 2 is 2.00 bits per heavy atom. The van der Waals surface area contributed by atoms with Crippen LogP contribution in [0.3, 0.4) is 0 Å². The highest BCUT2D eigenvalue weighted by Gasteiger charge is 2.50. The van der Waals surface area contributed by atoms with Crippen molar-refractivity contribution in [3.8, 4) is 0 Å². The summed E-state index contributed by atoms with van der Waals surface area (Å²) in [6, 6.07) is 0.113. The van der Waals surface area contributed by atoms with E-state index in [9.17, 15) is 9.59 Å². The Morgan fingerprint density at radius 1 is 1.33 bits per heavy atom. The van der Waals surface area contributed by atoms with Crippen molar-refractivity contribution in [2.45, 2.75) is 70.9 Å². The Hall–Kier alpha value is -1.06. The summed E-state index contributed by atoms with van der Waals surface area (Å²) in [5.74, 6) is 0.399. The minimum Gasteiger partial charge on any atom is -0.444 e. The first-order valence-electron chi connectivity index (χ1n) is 6.84. The van der Waals surface area contributed by atoms with Gasteiger partial charge in [-0.15, -0.1) is 0 Å². The van der Waals surface area contributed by atoms with Gasteiger partial charge in [-0.3, -0.25) is 4.79 Å². The molecule has 18 heavy (non-hydrogen) atoms. The zero-order chi connectivity index (χ0) is 13.4. The molecule has 0 aromatic carbocycles. The van der Waals surface area contributed by atoms with E-state index in [1.807, 2.05) is 20.8 Å². The summed E-state index contributed by atoms with van der Waals surface area (Å²) in [6.45, 7) is 5.54. The van der Waals surface area contributed by atoms with Crippen LogP contribution in [0.15, 0.2) is 0 Å². The average molecular weight is 253 g/mol. The summed E-state index contributed by atoms with van der Waals surface area (Å²) < 4.78 is 5.21. The topological polar surface area (TPSA) is 55.4 Å².